The SMILES string of the molecule is C/C=C/C(C)=C/C=C/C(C)=C/C=C/C=C(C)/C=C/C=C(C)/C=C/C1=C(C)C(=O)C(OC(=O)C(N)CCCCN)CC1(C)C. The van der Waals surface area contributed by atoms with E-state index in [1.54, 1.807) is 0 Å². The second-order valence-corrected chi connectivity index (χ2v) is 11.9. The zero-order valence-corrected chi connectivity index (χ0v) is 27.7. The van der Waals surface area contributed by atoms with Crippen molar-refractivity contribution in [2.75, 3.05) is 6.54 Å². The molecule has 2 atom stereocenters. The molecule has 0 fully saturated rings. The summed E-state index contributed by atoms with van der Waals surface area (Å²) in [6.45, 7) is 16.8. The monoisotopic (exact) mass is 586 g/mol. The number of unbranched alkanes of at least 4 members (excludes halogenated alkanes) is 1. The molecular formula is C38H54N2O3. The second-order valence-electron chi connectivity index (χ2n) is 11.9. The molecule has 234 valence electrons. The summed E-state index contributed by atoms with van der Waals surface area (Å²) in [5.41, 5.74) is 17.3. The highest BCUT2D eigenvalue weighted by atomic mass is 16.5. The molecule has 43 heavy (non-hydrogen) atoms. The van der Waals surface area contributed by atoms with E-state index in [9.17, 15) is 9.59 Å². The van der Waals surface area contributed by atoms with Gasteiger partial charge in [-0.1, -0.05) is 128 Å². The van der Waals surface area contributed by atoms with Gasteiger partial charge in [0.15, 0.2) is 11.9 Å². The molecule has 5 heteroatoms. The van der Waals surface area contributed by atoms with Crippen molar-refractivity contribution in [1.82, 2.24) is 0 Å². The molecule has 0 aromatic heterocycles. The van der Waals surface area contributed by atoms with Crippen molar-refractivity contribution < 1.29 is 14.3 Å². The molecule has 0 amide bonds. The molecule has 4 N–H and O–H groups in total. The maximum absolute atomic E-state index is 13.1. The predicted octanol–water partition coefficient (Wildman–Crippen LogP) is 8.26. The number of carbonyl (C=O) groups is 2. The Morgan fingerprint density at radius 3 is 1.93 bits per heavy atom. The summed E-state index contributed by atoms with van der Waals surface area (Å²) < 4.78 is 5.59. The maximum atomic E-state index is 13.1. The van der Waals surface area contributed by atoms with Crippen LogP contribution < -0.4 is 11.5 Å². The van der Waals surface area contributed by atoms with E-state index < -0.39 is 18.1 Å². The number of Topliss-reactive ketones (excluding diaryl/α,β-unsaturated/α-hetero) is 1. The lowest BCUT2D eigenvalue weighted by Crippen LogP contribution is -2.42. The minimum atomic E-state index is -0.811. The fourth-order valence-electron chi connectivity index (χ4n) is 4.67. The quantitative estimate of drug-likeness (QED) is 0.114. The van der Waals surface area contributed by atoms with Crippen LogP contribution >= 0.6 is 0 Å². The summed E-state index contributed by atoms with van der Waals surface area (Å²) >= 11 is 0. The molecule has 1 aliphatic rings. The van der Waals surface area contributed by atoms with Crippen molar-refractivity contribution in [3.63, 3.8) is 0 Å². The fourth-order valence-corrected chi connectivity index (χ4v) is 4.67. The van der Waals surface area contributed by atoms with Crippen LogP contribution in [-0.2, 0) is 14.3 Å². The van der Waals surface area contributed by atoms with Gasteiger partial charge in [-0.25, -0.2) is 0 Å². The highest BCUT2D eigenvalue weighted by molar-refractivity contribution is 6.01. The Balaban J connectivity index is 2.82. The van der Waals surface area contributed by atoms with Crippen LogP contribution in [0.1, 0.15) is 81.1 Å². The minimum Gasteiger partial charge on any atom is -0.453 e. The zero-order valence-electron chi connectivity index (χ0n) is 27.7. The number of ketones is 1. The van der Waals surface area contributed by atoms with Gasteiger partial charge in [0.05, 0.1) is 0 Å². The topological polar surface area (TPSA) is 95.4 Å². The number of rotatable bonds is 15. The lowest BCUT2D eigenvalue weighted by molar-refractivity contribution is -0.157. The van der Waals surface area contributed by atoms with Crippen molar-refractivity contribution in [2.45, 2.75) is 93.2 Å². The van der Waals surface area contributed by atoms with Crippen LogP contribution in [0, 0.1) is 5.41 Å². The number of ether oxygens (including phenoxy) is 1. The average Bonchev–Trinajstić information content (AvgIpc) is 2.93. The number of carbonyl (C=O) groups excluding carboxylic acids is 2. The Bertz CT molecular complexity index is 1260. The van der Waals surface area contributed by atoms with E-state index >= 15 is 0 Å². The van der Waals surface area contributed by atoms with Gasteiger partial charge in [-0.15, -0.1) is 0 Å². The van der Waals surface area contributed by atoms with Crippen LogP contribution in [-0.4, -0.2) is 30.4 Å². The van der Waals surface area contributed by atoms with Crippen molar-refractivity contribution in [2.24, 2.45) is 16.9 Å². The Kier molecular flexibility index (Phi) is 17.1. The van der Waals surface area contributed by atoms with E-state index in [1.165, 1.54) is 11.1 Å². The first-order valence-electron chi connectivity index (χ1n) is 15.3. The standard InChI is InChI=1S/C38H54N2O3/c1-9-16-28(2)19-14-20-29(3)17-10-11-18-30(4)21-15-22-31(5)24-25-33-32(6)36(41)35(27-38(33,7)8)43-37(42)34(40)23-12-13-26-39/h9-11,14-22,24-25,34-35H,12-13,23,26-27,39-40H2,1-8H3/b11-10+,16-9+,20-14+,21-15+,25-24+,28-19+,29-17+,30-18+,31-22+. The number of esters is 1. The van der Waals surface area contributed by atoms with E-state index in [4.69, 9.17) is 16.2 Å². The van der Waals surface area contributed by atoms with Crippen molar-refractivity contribution in [3.8, 4) is 0 Å². The summed E-state index contributed by atoms with van der Waals surface area (Å²) in [5.74, 6) is -0.680. The molecule has 1 aliphatic carbocycles. The zero-order chi connectivity index (χ0) is 32.4. The molecule has 0 aromatic carbocycles. The lowest BCUT2D eigenvalue weighted by Gasteiger charge is -2.36. The first kappa shape index (κ1) is 37.5. The Hall–Kier alpha value is -3.54. The van der Waals surface area contributed by atoms with Gasteiger partial charge < -0.3 is 16.2 Å². The van der Waals surface area contributed by atoms with Crippen LogP contribution in [0.5, 0.6) is 0 Å². The molecular weight excluding hydrogens is 532 g/mol. The molecule has 2 unspecified atom stereocenters. The molecule has 1 rings (SSSR count). The Labute approximate surface area is 260 Å². The van der Waals surface area contributed by atoms with Crippen molar-refractivity contribution in [1.29, 1.82) is 0 Å². The molecule has 0 spiro atoms. The molecule has 5 nitrogen and oxygen atoms in total. The molecule has 0 saturated heterocycles. The third-order valence-electron chi connectivity index (χ3n) is 7.23. The average molecular weight is 587 g/mol. The third-order valence-corrected chi connectivity index (χ3v) is 7.23. The summed E-state index contributed by atoms with van der Waals surface area (Å²) in [6, 6.07) is -0.739. The first-order chi connectivity index (χ1) is 20.3. The molecule has 0 aromatic rings. The van der Waals surface area contributed by atoms with E-state index in [0.717, 1.165) is 29.6 Å². The summed E-state index contributed by atoms with van der Waals surface area (Å²) in [4.78, 5) is 25.6. The molecule has 0 heterocycles. The van der Waals surface area contributed by atoms with Gasteiger partial charge in [-0.3, -0.25) is 9.59 Å². The molecule has 0 saturated carbocycles. The summed E-state index contributed by atoms with van der Waals surface area (Å²) in [6.07, 6.45) is 30.4. The normalized spacial score (nSPS) is 20.1. The number of nitrogens with two attached hydrogens (primary N) is 2. The number of hydrogen-bond donors (Lipinski definition) is 2. The van der Waals surface area contributed by atoms with Crippen molar-refractivity contribution in [3.05, 3.63) is 119 Å². The lowest BCUT2D eigenvalue weighted by atomic mass is 9.71. The summed E-state index contributed by atoms with van der Waals surface area (Å²) in [5, 5.41) is 0. The van der Waals surface area contributed by atoms with Crippen LogP contribution in [0.3, 0.4) is 0 Å². The van der Waals surface area contributed by atoms with E-state index in [1.807, 2.05) is 63.3 Å². The first-order valence-corrected chi connectivity index (χ1v) is 15.3. The van der Waals surface area contributed by atoms with Crippen LogP contribution in [0.4, 0.5) is 0 Å². The van der Waals surface area contributed by atoms with Crippen LogP contribution in [0.25, 0.3) is 0 Å². The van der Waals surface area contributed by atoms with Gasteiger partial charge in [0, 0.05) is 6.42 Å². The predicted molar refractivity (Wildman–Crippen MR) is 183 cm³/mol. The Morgan fingerprint density at radius 2 is 1.40 bits per heavy atom. The van der Waals surface area contributed by atoms with Gasteiger partial charge in [0.25, 0.3) is 0 Å². The maximum Gasteiger partial charge on any atom is 0.323 e. The fraction of sp³-hybridized carbons (Fsp3) is 0.421. The van der Waals surface area contributed by atoms with E-state index in [-0.39, 0.29) is 11.2 Å². The van der Waals surface area contributed by atoms with Gasteiger partial charge in [0.1, 0.15) is 6.04 Å². The second kappa shape index (κ2) is 19.6. The molecule has 0 aliphatic heterocycles. The highest BCUT2D eigenvalue weighted by Crippen LogP contribution is 2.40. The third kappa shape index (κ3) is 14.5. The van der Waals surface area contributed by atoms with E-state index in [0.29, 0.717) is 25.0 Å². The molecule has 0 bridgehead atoms. The Morgan fingerprint density at radius 1 is 0.884 bits per heavy atom. The number of hydrogen-bond acceptors (Lipinski definition) is 5. The molecule has 0 radical (unpaired) electrons. The van der Waals surface area contributed by atoms with Gasteiger partial charge in [-0.05, 0) is 77.5 Å². The van der Waals surface area contributed by atoms with Gasteiger partial charge in [-0.2, -0.15) is 0 Å². The van der Waals surface area contributed by atoms with Gasteiger partial charge >= 0.3 is 5.97 Å². The van der Waals surface area contributed by atoms with Gasteiger partial charge in [0.2, 0.25) is 0 Å². The smallest absolute Gasteiger partial charge is 0.323 e. The van der Waals surface area contributed by atoms with Crippen LogP contribution in [0.2, 0.25) is 0 Å². The van der Waals surface area contributed by atoms with Crippen LogP contribution in [0.15, 0.2) is 119 Å². The number of allylic oxidation sites excluding steroid dienone is 19. The largest absolute Gasteiger partial charge is 0.453 e. The van der Waals surface area contributed by atoms with Crippen molar-refractivity contribution >= 4 is 11.8 Å². The minimum absolute atomic E-state index is 0.158. The highest BCUT2D eigenvalue weighted by Gasteiger charge is 2.40. The van der Waals surface area contributed by atoms with E-state index in [2.05, 4.69) is 77.2 Å². The summed E-state index contributed by atoms with van der Waals surface area (Å²) in [7, 11) is 0.